The Morgan fingerprint density at radius 3 is 2.32 bits per heavy atom. The first-order valence-electron chi connectivity index (χ1n) is 10.8. The lowest BCUT2D eigenvalue weighted by Gasteiger charge is -2.21. The molecule has 0 saturated heterocycles. The number of anilines is 1. The standard InChI is InChI=1S/C22H30ClN7O3S/c1-13(9-10-31-4)19-27-28-22(30(19)18-20(32-5)25-12-26-21(18)33-6)29-34-15(3)14(2)17-8-7-16(23)11-24-17/h7-8,11-15H,9-10H2,1-6H3,(H,28,29). The fraction of sp³-hybridized carbons (Fsp3) is 0.500. The van der Waals surface area contributed by atoms with Crippen LogP contribution in [0.2, 0.25) is 5.02 Å². The van der Waals surface area contributed by atoms with Crippen molar-refractivity contribution < 1.29 is 14.2 Å². The molecule has 0 aromatic carbocycles. The highest BCUT2D eigenvalue weighted by Crippen LogP contribution is 2.36. The zero-order valence-electron chi connectivity index (χ0n) is 20.1. The highest BCUT2D eigenvalue weighted by molar-refractivity contribution is 8.01. The number of ether oxygens (including phenoxy) is 3. The summed E-state index contributed by atoms with van der Waals surface area (Å²) in [6.07, 6.45) is 3.82. The van der Waals surface area contributed by atoms with Crippen LogP contribution in [-0.2, 0) is 4.74 Å². The third-order valence-electron chi connectivity index (χ3n) is 5.51. The van der Waals surface area contributed by atoms with E-state index in [4.69, 9.17) is 25.8 Å². The normalized spacial score (nSPS) is 13.9. The molecule has 3 atom stereocenters. The van der Waals surface area contributed by atoms with Crippen molar-refractivity contribution in [2.24, 2.45) is 0 Å². The predicted molar refractivity (Wildman–Crippen MR) is 133 cm³/mol. The molecule has 3 rings (SSSR count). The molecule has 184 valence electrons. The summed E-state index contributed by atoms with van der Waals surface area (Å²) in [6.45, 7) is 6.90. The van der Waals surface area contributed by atoms with E-state index in [1.807, 2.05) is 16.7 Å². The van der Waals surface area contributed by atoms with E-state index in [1.165, 1.54) is 18.3 Å². The first-order valence-corrected chi connectivity index (χ1v) is 12.1. The topological polar surface area (TPSA) is 109 Å². The Kier molecular flexibility index (Phi) is 9.31. The van der Waals surface area contributed by atoms with Gasteiger partial charge in [-0.1, -0.05) is 32.4 Å². The average Bonchev–Trinajstić information content (AvgIpc) is 3.28. The Morgan fingerprint density at radius 1 is 1.03 bits per heavy atom. The molecule has 3 heterocycles. The molecule has 10 nitrogen and oxygen atoms in total. The summed E-state index contributed by atoms with van der Waals surface area (Å²) in [6, 6.07) is 3.79. The highest BCUT2D eigenvalue weighted by atomic mass is 35.5. The average molecular weight is 508 g/mol. The second-order valence-corrected chi connectivity index (χ2v) is 9.38. The second kappa shape index (κ2) is 12.2. The van der Waals surface area contributed by atoms with Crippen LogP contribution in [0.4, 0.5) is 5.95 Å². The van der Waals surface area contributed by atoms with Crippen molar-refractivity contribution in [2.75, 3.05) is 32.7 Å². The lowest BCUT2D eigenvalue weighted by Crippen LogP contribution is -2.15. The molecule has 0 aliphatic carbocycles. The quantitative estimate of drug-likeness (QED) is 0.351. The van der Waals surface area contributed by atoms with Gasteiger partial charge in [-0.05, 0) is 30.5 Å². The third-order valence-corrected chi connectivity index (χ3v) is 6.81. The van der Waals surface area contributed by atoms with Gasteiger partial charge in [0.1, 0.15) is 12.2 Å². The van der Waals surface area contributed by atoms with Gasteiger partial charge in [-0.15, -0.1) is 10.2 Å². The number of aromatic nitrogens is 6. The largest absolute Gasteiger partial charge is 0.479 e. The van der Waals surface area contributed by atoms with Gasteiger partial charge in [-0.3, -0.25) is 14.3 Å². The maximum atomic E-state index is 5.99. The van der Waals surface area contributed by atoms with E-state index in [1.54, 1.807) is 27.5 Å². The van der Waals surface area contributed by atoms with Crippen molar-refractivity contribution in [2.45, 2.75) is 44.3 Å². The third kappa shape index (κ3) is 5.89. The minimum absolute atomic E-state index is 0.0391. The van der Waals surface area contributed by atoms with Gasteiger partial charge in [-0.2, -0.15) is 9.97 Å². The van der Waals surface area contributed by atoms with Gasteiger partial charge < -0.3 is 14.2 Å². The fourth-order valence-corrected chi connectivity index (χ4v) is 4.19. The molecule has 0 saturated carbocycles. The molecule has 0 amide bonds. The van der Waals surface area contributed by atoms with Crippen LogP contribution >= 0.6 is 23.5 Å². The minimum Gasteiger partial charge on any atom is -0.479 e. The van der Waals surface area contributed by atoms with E-state index in [2.05, 4.69) is 50.6 Å². The van der Waals surface area contributed by atoms with Crippen LogP contribution in [0.5, 0.6) is 11.8 Å². The van der Waals surface area contributed by atoms with Crippen LogP contribution in [0, 0.1) is 0 Å². The maximum Gasteiger partial charge on any atom is 0.245 e. The molecule has 3 aromatic heterocycles. The summed E-state index contributed by atoms with van der Waals surface area (Å²) < 4.78 is 21.5. The van der Waals surface area contributed by atoms with E-state index >= 15 is 0 Å². The van der Waals surface area contributed by atoms with Crippen molar-refractivity contribution in [3.8, 4) is 17.4 Å². The Bertz CT molecular complexity index is 1040. The van der Waals surface area contributed by atoms with Crippen LogP contribution in [0.1, 0.15) is 50.5 Å². The first-order chi connectivity index (χ1) is 16.4. The summed E-state index contributed by atoms with van der Waals surface area (Å²) in [7, 11) is 4.78. The van der Waals surface area contributed by atoms with Crippen molar-refractivity contribution in [1.29, 1.82) is 0 Å². The Balaban J connectivity index is 1.94. The highest BCUT2D eigenvalue weighted by Gasteiger charge is 2.27. The maximum absolute atomic E-state index is 5.99. The number of halogens is 1. The van der Waals surface area contributed by atoms with E-state index in [0.29, 0.717) is 40.8 Å². The smallest absolute Gasteiger partial charge is 0.245 e. The van der Waals surface area contributed by atoms with Crippen molar-refractivity contribution in [3.63, 3.8) is 0 Å². The van der Waals surface area contributed by atoms with Gasteiger partial charge in [0, 0.05) is 42.7 Å². The zero-order chi connectivity index (χ0) is 24.7. The van der Waals surface area contributed by atoms with Crippen LogP contribution in [0.3, 0.4) is 0 Å². The number of methoxy groups -OCH3 is 3. The zero-order valence-corrected chi connectivity index (χ0v) is 21.7. The Hall–Kier alpha value is -2.63. The fourth-order valence-electron chi connectivity index (χ4n) is 3.31. The van der Waals surface area contributed by atoms with E-state index < -0.39 is 0 Å². The van der Waals surface area contributed by atoms with Crippen LogP contribution < -0.4 is 14.2 Å². The van der Waals surface area contributed by atoms with Gasteiger partial charge in [0.05, 0.1) is 19.2 Å². The van der Waals surface area contributed by atoms with Gasteiger partial charge in [0.2, 0.25) is 17.7 Å². The molecule has 1 N–H and O–H groups in total. The molecule has 0 radical (unpaired) electrons. The molecule has 3 aromatic rings. The molecule has 0 aliphatic heterocycles. The van der Waals surface area contributed by atoms with Crippen molar-refractivity contribution in [1.82, 2.24) is 29.7 Å². The number of hydrogen-bond donors (Lipinski definition) is 1. The summed E-state index contributed by atoms with van der Waals surface area (Å²) in [5.41, 5.74) is 1.49. The molecule has 0 bridgehead atoms. The SMILES string of the molecule is COCCC(C)c1nnc(NSC(C)C(C)c2ccc(Cl)cn2)n1-c1c(OC)ncnc1OC. The number of hydrogen-bond acceptors (Lipinski definition) is 10. The Morgan fingerprint density at radius 2 is 1.74 bits per heavy atom. The first kappa shape index (κ1) is 26.0. The molecule has 0 spiro atoms. The van der Waals surface area contributed by atoms with Crippen LogP contribution in [0.25, 0.3) is 5.69 Å². The molecular formula is C22H30ClN7O3S. The van der Waals surface area contributed by atoms with Gasteiger partial charge in [-0.25, -0.2) is 0 Å². The van der Waals surface area contributed by atoms with E-state index in [0.717, 1.165) is 12.1 Å². The summed E-state index contributed by atoms with van der Waals surface area (Å²) in [5.74, 6) is 2.14. The molecule has 3 unspecified atom stereocenters. The van der Waals surface area contributed by atoms with Crippen LogP contribution in [0.15, 0.2) is 24.7 Å². The van der Waals surface area contributed by atoms with Crippen LogP contribution in [-0.4, -0.2) is 62.9 Å². The van der Waals surface area contributed by atoms with Gasteiger partial charge in [0.25, 0.3) is 0 Å². The summed E-state index contributed by atoms with van der Waals surface area (Å²) >= 11 is 7.51. The lowest BCUT2D eigenvalue weighted by atomic mass is 10.0. The number of nitrogens with zero attached hydrogens (tertiary/aromatic N) is 6. The number of rotatable bonds is 12. The molecule has 0 fully saturated rings. The van der Waals surface area contributed by atoms with Crippen molar-refractivity contribution in [3.05, 3.63) is 41.2 Å². The monoisotopic (exact) mass is 507 g/mol. The second-order valence-electron chi connectivity index (χ2n) is 7.76. The number of pyridine rings is 1. The molecular weight excluding hydrogens is 478 g/mol. The molecule has 34 heavy (non-hydrogen) atoms. The van der Waals surface area contributed by atoms with E-state index in [-0.39, 0.29) is 17.1 Å². The number of nitrogens with one attached hydrogen (secondary N) is 1. The van der Waals surface area contributed by atoms with Crippen molar-refractivity contribution >= 4 is 29.5 Å². The summed E-state index contributed by atoms with van der Waals surface area (Å²) in [5, 5.41) is 9.68. The van der Waals surface area contributed by atoms with E-state index in [9.17, 15) is 0 Å². The molecule has 0 aliphatic rings. The predicted octanol–water partition coefficient (Wildman–Crippen LogP) is 4.52. The minimum atomic E-state index is 0.0391. The summed E-state index contributed by atoms with van der Waals surface area (Å²) in [4.78, 5) is 13.0. The molecule has 12 heteroatoms. The lowest BCUT2D eigenvalue weighted by molar-refractivity contribution is 0.188. The Labute approximate surface area is 208 Å². The van der Waals surface area contributed by atoms with Gasteiger partial charge >= 0.3 is 0 Å². The van der Waals surface area contributed by atoms with Gasteiger partial charge in [0.15, 0.2) is 5.69 Å².